The Hall–Kier alpha value is -0.580. The molecule has 0 N–H and O–H groups in total. The number of ether oxygens (including phenoxy) is 1. The molecule has 0 saturated carbocycles. The summed E-state index contributed by atoms with van der Waals surface area (Å²) in [7, 11) is 0. The summed E-state index contributed by atoms with van der Waals surface area (Å²) < 4.78 is 5.22. The Morgan fingerprint density at radius 3 is 2.25 bits per heavy atom. The second kappa shape index (κ2) is 6.89. The zero-order chi connectivity index (χ0) is 12.8. The number of hydrogen-bond donors (Lipinski definition) is 0. The van der Waals surface area contributed by atoms with Crippen LogP contribution in [0.5, 0.6) is 0 Å². The van der Waals surface area contributed by atoms with Gasteiger partial charge in [0.2, 0.25) is 0 Å². The molecule has 5 heteroatoms. The van der Waals surface area contributed by atoms with Crippen molar-refractivity contribution in [2.45, 2.75) is 39.7 Å². The molecule has 4 nitrogen and oxygen atoms in total. The van der Waals surface area contributed by atoms with Gasteiger partial charge in [0.1, 0.15) is 5.60 Å². The summed E-state index contributed by atoms with van der Waals surface area (Å²) in [6, 6.07) is 0. The van der Waals surface area contributed by atoms with Crippen LogP contribution in [0.2, 0.25) is 0 Å². The number of nitrogens with zero attached hydrogens (tertiary/aromatic N) is 1. The molecule has 0 unspecified atom stereocenters. The Morgan fingerprint density at radius 2 is 1.88 bits per heavy atom. The van der Waals surface area contributed by atoms with E-state index in [1.54, 1.807) is 20.8 Å². The smallest absolute Gasteiger partial charge is 0.410 e. The Balaban J connectivity index is 4.40. The summed E-state index contributed by atoms with van der Waals surface area (Å²) >= 11 is 3.08. The van der Waals surface area contributed by atoms with Gasteiger partial charge in [-0.3, -0.25) is 4.79 Å². The lowest BCUT2D eigenvalue weighted by Crippen LogP contribution is -2.40. The number of rotatable bonds is 5. The van der Waals surface area contributed by atoms with Crippen LogP contribution >= 0.6 is 15.9 Å². The van der Waals surface area contributed by atoms with Crippen LogP contribution in [0.25, 0.3) is 0 Å². The first-order valence-electron chi connectivity index (χ1n) is 5.35. The van der Waals surface area contributed by atoms with Crippen LogP contribution in [-0.4, -0.2) is 40.8 Å². The molecule has 0 rings (SSSR count). The molecule has 0 atom stereocenters. The van der Waals surface area contributed by atoms with Crippen molar-refractivity contribution in [2.24, 2.45) is 0 Å². The van der Waals surface area contributed by atoms with E-state index in [4.69, 9.17) is 4.74 Å². The first-order valence-corrected chi connectivity index (χ1v) is 6.48. The second-order valence-corrected chi connectivity index (χ2v) is 5.13. The quantitative estimate of drug-likeness (QED) is 0.732. The molecule has 0 aliphatic rings. The third-order valence-corrected chi connectivity index (χ3v) is 2.29. The Morgan fingerprint density at radius 1 is 1.31 bits per heavy atom. The minimum Gasteiger partial charge on any atom is -0.444 e. The number of carbonyl (C=O) groups is 2. The summed E-state index contributed by atoms with van der Waals surface area (Å²) in [6.45, 7) is 8.02. The Labute approximate surface area is 105 Å². The molecule has 0 aromatic heterocycles. The fourth-order valence-corrected chi connectivity index (χ4v) is 1.26. The lowest BCUT2D eigenvalue weighted by atomic mass is 10.2. The van der Waals surface area contributed by atoms with Crippen LogP contribution in [0.4, 0.5) is 4.79 Å². The maximum absolute atomic E-state index is 11.7. The Kier molecular flexibility index (Phi) is 6.64. The van der Waals surface area contributed by atoms with Gasteiger partial charge in [-0.1, -0.05) is 22.9 Å². The second-order valence-electron chi connectivity index (χ2n) is 4.57. The van der Waals surface area contributed by atoms with Crippen molar-refractivity contribution in [2.75, 3.05) is 18.4 Å². The summed E-state index contributed by atoms with van der Waals surface area (Å²) in [6.07, 6.45) is 0.373. The lowest BCUT2D eigenvalue weighted by molar-refractivity contribution is -0.117. The molecule has 0 aliphatic heterocycles. The minimum absolute atomic E-state index is 0.0284. The predicted octanol–water partition coefficient (Wildman–Crippen LogP) is 2.60. The number of ketones is 1. The molecule has 94 valence electrons. The van der Waals surface area contributed by atoms with Gasteiger partial charge in [0.15, 0.2) is 5.78 Å². The zero-order valence-electron chi connectivity index (χ0n) is 10.4. The van der Waals surface area contributed by atoms with Crippen LogP contribution in [0.3, 0.4) is 0 Å². The molecule has 0 aromatic carbocycles. The van der Waals surface area contributed by atoms with E-state index in [9.17, 15) is 9.59 Å². The minimum atomic E-state index is -0.527. The monoisotopic (exact) mass is 293 g/mol. The van der Waals surface area contributed by atoms with E-state index in [2.05, 4.69) is 15.9 Å². The van der Waals surface area contributed by atoms with Crippen molar-refractivity contribution >= 4 is 27.8 Å². The van der Waals surface area contributed by atoms with Crippen LogP contribution in [0, 0.1) is 0 Å². The standard InChI is InChI=1S/C11H20BrNO3/c1-5-6-13(8-9(14)7-12)10(15)16-11(2,3)4/h5-8H2,1-4H3. The number of amides is 1. The lowest BCUT2D eigenvalue weighted by Gasteiger charge is -2.26. The van der Waals surface area contributed by atoms with Crippen molar-refractivity contribution in [1.82, 2.24) is 4.90 Å². The number of carbonyl (C=O) groups excluding carboxylic acids is 2. The van der Waals surface area contributed by atoms with Gasteiger partial charge in [-0.05, 0) is 27.2 Å². The summed E-state index contributed by atoms with van der Waals surface area (Å²) in [5, 5.41) is 0.260. The predicted molar refractivity (Wildman–Crippen MR) is 66.9 cm³/mol. The average Bonchev–Trinajstić information content (AvgIpc) is 2.14. The van der Waals surface area contributed by atoms with Crippen LogP contribution in [-0.2, 0) is 9.53 Å². The van der Waals surface area contributed by atoms with Crippen molar-refractivity contribution in [3.05, 3.63) is 0 Å². The Bertz CT molecular complexity index is 248. The normalized spacial score (nSPS) is 11.1. The summed E-state index contributed by atoms with van der Waals surface area (Å²) in [5.41, 5.74) is -0.527. The maximum Gasteiger partial charge on any atom is 0.410 e. The molecule has 0 heterocycles. The van der Waals surface area contributed by atoms with E-state index in [1.165, 1.54) is 4.90 Å². The van der Waals surface area contributed by atoms with Crippen molar-refractivity contribution in [1.29, 1.82) is 0 Å². The van der Waals surface area contributed by atoms with E-state index in [0.29, 0.717) is 6.54 Å². The SMILES string of the molecule is CCCN(CC(=O)CBr)C(=O)OC(C)(C)C. The number of alkyl halides is 1. The molecule has 0 saturated heterocycles. The summed E-state index contributed by atoms with van der Waals surface area (Å²) in [4.78, 5) is 24.4. The molecule has 0 aliphatic carbocycles. The van der Waals surface area contributed by atoms with Crippen molar-refractivity contribution in [3.8, 4) is 0 Å². The van der Waals surface area contributed by atoms with Gasteiger partial charge >= 0.3 is 6.09 Å². The van der Waals surface area contributed by atoms with E-state index in [-0.39, 0.29) is 17.7 Å². The summed E-state index contributed by atoms with van der Waals surface area (Å²) in [5.74, 6) is -0.0284. The fourth-order valence-electron chi connectivity index (χ4n) is 1.09. The molecule has 0 fully saturated rings. The van der Waals surface area contributed by atoms with Gasteiger partial charge in [0, 0.05) is 6.54 Å². The van der Waals surface area contributed by atoms with Gasteiger partial charge in [0.05, 0.1) is 11.9 Å². The highest BCUT2D eigenvalue weighted by Gasteiger charge is 2.22. The van der Waals surface area contributed by atoms with Crippen LogP contribution in [0.1, 0.15) is 34.1 Å². The first-order chi connectivity index (χ1) is 7.30. The third kappa shape index (κ3) is 6.82. The van der Waals surface area contributed by atoms with Gasteiger partial charge < -0.3 is 9.64 Å². The molecule has 1 amide bonds. The van der Waals surface area contributed by atoms with Gasteiger partial charge in [-0.15, -0.1) is 0 Å². The van der Waals surface area contributed by atoms with Crippen molar-refractivity contribution in [3.63, 3.8) is 0 Å². The number of halogens is 1. The molecular formula is C11H20BrNO3. The molecule has 0 aromatic rings. The molecule has 16 heavy (non-hydrogen) atoms. The highest BCUT2D eigenvalue weighted by Crippen LogP contribution is 2.10. The molecule has 0 bridgehead atoms. The zero-order valence-corrected chi connectivity index (χ0v) is 12.0. The number of Topliss-reactive ketones (excluding diaryl/α,β-unsaturated/α-hetero) is 1. The third-order valence-electron chi connectivity index (χ3n) is 1.66. The maximum atomic E-state index is 11.7. The van der Waals surface area contributed by atoms with Gasteiger partial charge in [-0.2, -0.15) is 0 Å². The van der Waals surface area contributed by atoms with E-state index in [1.807, 2.05) is 6.92 Å². The molecule has 0 spiro atoms. The van der Waals surface area contributed by atoms with E-state index < -0.39 is 11.7 Å². The number of hydrogen-bond acceptors (Lipinski definition) is 3. The molecular weight excluding hydrogens is 274 g/mol. The van der Waals surface area contributed by atoms with Crippen LogP contribution < -0.4 is 0 Å². The van der Waals surface area contributed by atoms with E-state index in [0.717, 1.165) is 6.42 Å². The molecule has 0 radical (unpaired) electrons. The fraction of sp³-hybridized carbons (Fsp3) is 0.818. The first kappa shape index (κ1) is 15.4. The largest absolute Gasteiger partial charge is 0.444 e. The topological polar surface area (TPSA) is 46.6 Å². The average molecular weight is 294 g/mol. The van der Waals surface area contributed by atoms with E-state index >= 15 is 0 Å². The van der Waals surface area contributed by atoms with Crippen LogP contribution in [0.15, 0.2) is 0 Å². The van der Waals surface area contributed by atoms with Gasteiger partial charge in [-0.25, -0.2) is 4.79 Å². The highest BCUT2D eigenvalue weighted by atomic mass is 79.9. The van der Waals surface area contributed by atoms with Crippen molar-refractivity contribution < 1.29 is 14.3 Å². The van der Waals surface area contributed by atoms with Gasteiger partial charge in [0.25, 0.3) is 0 Å². The highest BCUT2D eigenvalue weighted by molar-refractivity contribution is 9.09.